The number of hydrogen-bond donors (Lipinski definition) is 2. The lowest BCUT2D eigenvalue weighted by atomic mass is 10.2. The van der Waals surface area contributed by atoms with Gasteiger partial charge in [-0.25, -0.2) is 0 Å². The average molecular weight is 420 g/mol. The second-order valence-electron chi connectivity index (χ2n) is 6.84. The molecule has 6 nitrogen and oxygen atoms in total. The summed E-state index contributed by atoms with van der Waals surface area (Å²) in [5.41, 5.74) is 4.61. The summed E-state index contributed by atoms with van der Waals surface area (Å²) in [6.07, 6.45) is 0.916. The van der Waals surface area contributed by atoms with Gasteiger partial charge >= 0.3 is 8.80 Å². The van der Waals surface area contributed by atoms with E-state index in [0.29, 0.717) is 0 Å². The molecule has 2 aromatic rings. The molecule has 2 aromatic carbocycles. The fourth-order valence-electron chi connectivity index (χ4n) is 3.15. The van der Waals surface area contributed by atoms with Gasteiger partial charge < -0.3 is 28.8 Å². The van der Waals surface area contributed by atoms with E-state index in [1.54, 1.807) is 33.1 Å². The van der Waals surface area contributed by atoms with Crippen molar-refractivity contribution in [1.82, 2.24) is 0 Å². The van der Waals surface area contributed by atoms with E-state index in [4.69, 9.17) is 13.3 Å². The van der Waals surface area contributed by atoms with Crippen molar-refractivity contribution in [3.63, 3.8) is 0 Å². The zero-order valence-corrected chi connectivity index (χ0v) is 19.0. The zero-order valence-electron chi connectivity index (χ0n) is 17.2. The van der Waals surface area contributed by atoms with Crippen molar-refractivity contribution in [2.75, 3.05) is 57.5 Å². The Morgan fingerprint density at radius 1 is 0.964 bits per heavy atom. The van der Waals surface area contributed by atoms with E-state index < -0.39 is 8.80 Å². The molecule has 3 rings (SSSR count). The molecule has 1 aliphatic heterocycles. The first-order chi connectivity index (χ1) is 13.5. The lowest BCUT2D eigenvalue weighted by Crippen LogP contribution is -2.42. The van der Waals surface area contributed by atoms with Crippen LogP contribution in [0.1, 0.15) is 6.42 Å². The second-order valence-corrected chi connectivity index (χ2v) is 11.0. The molecule has 2 N–H and O–H groups in total. The molecule has 1 heterocycles. The van der Waals surface area contributed by atoms with Crippen molar-refractivity contribution < 1.29 is 13.3 Å². The third-order valence-corrected chi connectivity index (χ3v) is 8.82. The molecular weight excluding hydrogens is 390 g/mol. The molecule has 0 spiro atoms. The maximum atomic E-state index is 5.47. The summed E-state index contributed by atoms with van der Waals surface area (Å²) in [6.45, 7) is 0.836. The van der Waals surface area contributed by atoms with E-state index in [1.807, 2.05) is 0 Å². The maximum Gasteiger partial charge on any atom is 0.500 e. The van der Waals surface area contributed by atoms with Crippen LogP contribution < -0.4 is 15.5 Å². The van der Waals surface area contributed by atoms with E-state index in [-0.39, 0.29) is 0 Å². The van der Waals surface area contributed by atoms with Crippen molar-refractivity contribution in [2.45, 2.75) is 22.3 Å². The number of nitrogens with one attached hydrogen (secondary N) is 2. The van der Waals surface area contributed by atoms with Crippen LogP contribution >= 0.6 is 11.8 Å². The van der Waals surface area contributed by atoms with E-state index in [1.165, 1.54) is 15.5 Å². The van der Waals surface area contributed by atoms with E-state index in [0.717, 1.165) is 36.1 Å². The molecule has 0 aromatic heterocycles. The average Bonchev–Trinajstić information content (AvgIpc) is 2.72. The number of rotatable bonds is 9. The fourth-order valence-corrected chi connectivity index (χ4v) is 5.94. The first-order valence-electron chi connectivity index (χ1n) is 9.30. The number of nitrogens with zero attached hydrogens (tertiary/aromatic N) is 1. The van der Waals surface area contributed by atoms with Gasteiger partial charge in [-0.3, -0.25) is 0 Å². The van der Waals surface area contributed by atoms with Crippen LogP contribution in [0, 0.1) is 0 Å². The van der Waals surface area contributed by atoms with Gasteiger partial charge in [0.2, 0.25) is 0 Å². The van der Waals surface area contributed by atoms with Gasteiger partial charge in [-0.05, 0) is 42.8 Å². The molecular formula is C20H29N3O3SSi. The van der Waals surface area contributed by atoms with E-state index >= 15 is 0 Å². The van der Waals surface area contributed by atoms with Crippen LogP contribution in [0.5, 0.6) is 0 Å². The molecule has 0 amide bonds. The van der Waals surface area contributed by atoms with Crippen molar-refractivity contribution in [3.05, 3.63) is 36.4 Å². The monoisotopic (exact) mass is 419 g/mol. The highest BCUT2D eigenvalue weighted by Crippen LogP contribution is 2.46. The Morgan fingerprint density at radius 3 is 2.25 bits per heavy atom. The molecule has 0 bridgehead atoms. The fraction of sp³-hybridized carbons (Fsp3) is 0.400. The Bertz CT molecular complexity index is 807. The maximum absolute atomic E-state index is 5.47. The summed E-state index contributed by atoms with van der Waals surface area (Å²) in [5, 5.41) is 7.03. The predicted molar refractivity (Wildman–Crippen MR) is 119 cm³/mol. The highest BCUT2D eigenvalue weighted by atomic mass is 32.2. The standard InChI is InChI=1S/C20H29N3O3SSi/c1-23(2)16-8-10-18-20(14-16)27-19-13-15(7-9-17(19)22-18)21-11-6-12-28(24-3,25-4)26-5/h7-10,13-14,21-22H,6,11-12H2,1-5H3. The van der Waals surface area contributed by atoms with Crippen LogP contribution in [-0.2, 0) is 13.3 Å². The quantitative estimate of drug-likeness (QED) is 0.387. The minimum absolute atomic E-state index is 0.783. The minimum Gasteiger partial charge on any atom is -0.385 e. The molecule has 152 valence electrons. The topological polar surface area (TPSA) is 55.0 Å². The van der Waals surface area contributed by atoms with Crippen LogP contribution in [0.25, 0.3) is 0 Å². The summed E-state index contributed by atoms with van der Waals surface area (Å²) in [6, 6.07) is 13.7. The molecule has 0 unspecified atom stereocenters. The number of benzene rings is 2. The Labute approximate surface area is 172 Å². The Kier molecular flexibility index (Phi) is 6.89. The smallest absolute Gasteiger partial charge is 0.385 e. The third kappa shape index (κ3) is 4.64. The van der Waals surface area contributed by atoms with Gasteiger partial charge in [0.05, 0.1) is 11.4 Å². The van der Waals surface area contributed by atoms with Crippen LogP contribution in [0.15, 0.2) is 46.2 Å². The molecule has 0 fully saturated rings. The summed E-state index contributed by atoms with van der Waals surface area (Å²) in [7, 11) is 6.59. The number of fused-ring (bicyclic) bond motifs is 2. The molecule has 28 heavy (non-hydrogen) atoms. The summed E-state index contributed by atoms with van der Waals surface area (Å²) in [4.78, 5) is 4.59. The normalized spacial score (nSPS) is 12.8. The molecule has 8 heteroatoms. The highest BCUT2D eigenvalue weighted by Gasteiger charge is 2.36. The third-order valence-electron chi connectivity index (χ3n) is 4.87. The molecule has 0 radical (unpaired) electrons. The van der Waals surface area contributed by atoms with Gasteiger partial charge in [-0.1, -0.05) is 11.8 Å². The molecule has 0 saturated heterocycles. The molecule has 0 saturated carbocycles. The largest absolute Gasteiger partial charge is 0.500 e. The van der Waals surface area contributed by atoms with Crippen LogP contribution in [0.3, 0.4) is 0 Å². The van der Waals surface area contributed by atoms with Gasteiger partial charge in [0.25, 0.3) is 0 Å². The molecule has 1 aliphatic rings. The Morgan fingerprint density at radius 2 is 1.61 bits per heavy atom. The van der Waals surface area contributed by atoms with Gasteiger partial charge in [-0.15, -0.1) is 0 Å². The first-order valence-corrected chi connectivity index (χ1v) is 12.0. The lowest BCUT2D eigenvalue weighted by Gasteiger charge is -2.25. The Hall–Kier alpha value is -1.71. The minimum atomic E-state index is -2.49. The van der Waals surface area contributed by atoms with E-state index in [9.17, 15) is 0 Å². The van der Waals surface area contributed by atoms with Crippen molar-refractivity contribution in [1.29, 1.82) is 0 Å². The SMILES string of the molecule is CO[Si](CCCNc1ccc2c(c1)Sc1cc(N(C)C)ccc1N2)(OC)OC. The van der Waals surface area contributed by atoms with Crippen molar-refractivity contribution in [3.8, 4) is 0 Å². The van der Waals surface area contributed by atoms with Crippen molar-refractivity contribution >= 4 is 43.3 Å². The number of anilines is 4. The second kappa shape index (κ2) is 9.19. The molecule has 0 aliphatic carbocycles. The number of hydrogen-bond acceptors (Lipinski definition) is 7. The van der Waals surface area contributed by atoms with E-state index in [2.05, 4.69) is 66.0 Å². The molecule has 0 atom stereocenters. The van der Waals surface area contributed by atoms with Gasteiger partial charge in [0.1, 0.15) is 0 Å². The van der Waals surface area contributed by atoms with Gasteiger partial charge in [0.15, 0.2) is 0 Å². The Balaban J connectivity index is 1.62. The first kappa shape index (κ1) is 21.0. The van der Waals surface area contributed by atoms with Gasteiger partial charge in [-0.2, -0.15) is 0 Å². The zero-order chi connectivity index (χ0) is 20.1. The summed E-state index contributed by atoms with van der Waals surface area (Å²) < 4.78 is 16.4. The van der Waals surface area contributed by atoms with Gasteiger partial charge in [0, 0.05) is 69.2 Å². The van der Waals surface area contributed by atoms with Crippen LogP contribution in [0.4, 0.5) is 22.7 Å². The highest BCUT2D eigenvalue weighted by molar-refractivity contribution is 7.99. The predicted octanol–water partition coefficient (Wildman–Crippen LogP) is 4.64. The van der Waals surface area contributed by atoms with Crippen LogP contribution in [0.2, 0.25) is 6.04 Å². The van der Waals surface area contributed by atoms with Crippen molar-refractivity contribution in [2.24, 2.45) is 0 Å². The van der Waals surface area contributed by atoms with Crippen LogP contribution in [-0.4, -0.2) is 50.8 Å². The summed E-state index contributed by atoms with van der Waals surface area (Å²) >= 11 is 1.80. The summed E-state index contributed by atoms with van der Waals surface area (Å²) in [5.74, 6) is 0. The lowest BCUT2D eigenvalue weighted by molar-refractivity contribution is 0.123.